The van der Waals surface area contributed by atoms with Crippen molar-refractivity contribution >= 4 is 16.3 Å². The van der Waals surface area contributed by atoms with E-state index in [4.69, 9.17) is 4.42 Å². The van der Waals surface area contributed by atoms with Gasteiger partial charge in [-0.05, 0) is 6.07 Å². The predicted octanol–water partition coefficient (Wildman–Crippen LogP) is 4.69. The standard InChI is InChI=1S/C16H11F3N4OS/c1-2-11-10(8-12(24-11)9-6-4-3-5-7-9)13-22-23-14(16(17,18)19)20-21-15(23)25-13/h3-8H,2H2,1H3. The van der Waals surface area contributed by atoms with Crippen LogP contribution in [0.2, 0.25) is 0 Å². The molecule has 0 saturated carbocycles. The van der Waals surface area contributed by atoms with E-state index in [2.05, 4.69) is 15.3 Å². The quantitative estimate of drug-likeness (QED) is 0.529. The van der Waals surface area contributed by atoms with E-state index in [0.29, 0.717) is 28.5 Å². The Morgan fingerprint density at radius 3 is 2.60 bits per heavy atom. The highest BCUT2D eigenvalue weighted by molar-refractivity contribution is 7.19. The number of benzene rings is 1. The minimum atomic E-state index is -4.61. The third-order valence-electron chi connectivity index (χ3n) is 3.66. The van der Waals surface area contributed by atoms with Gasteiger partial charge in [-0.1, -0.05) is 48.6 Å². The van der Waals surface area contributed by atoms with E-state index < -0.39 is 12.0 Å². The lowest BCUT2D eigenvalue weighted by Gasteiger charge is -2.00. The van der Waals surface area contributed by atoms with Gasteiger partial charge >= 0.3 is 6.18 Å². The highest BCUT2D eigenvalue weighted by Crippen LogP contribution is 2.36. The van der Waals surface area contributed by atoms with Crippen LogP contribution in [0.1, 0.15) is 18.5 Å². The first-order valence-electron chi connectivity index (χ1n) is 7.45. The Bertz CT molecular complexity index is 1030. The number of hydrogen-bond donors (Lipinski definition) is 0. The molecule has 0 spiro atoms. The topological polar surface area (TPSA) is 56.2 Å². The van der Waals surface area contributed by atoms with E-state index in [0.717, 1.165) is 21.4 Å². The van der Waals surface area contributed by atoms with Gasteiger partial charge < -0.3 is 4.42 Å². The summed E-state index contributed by atoms with van der Waals surface area (Å²) in [6.07, 6.45) is -4.02. The third-order valence-corrected chi connectivity index (χ3v) is 4.60. The lowest BCUT2D eigenvalue weighted by Crippen LogP contribution is -2.11. The van der Waals surface area contributed by atoms with Crippen molar-refractivity contribution in [3.8, 4) is 21.9 Å². The lowest BCUT2D eigenvalue weighted by atomic mass is 10.1. The van der Waals surface area contributed by atoms with Gasteiger partial charge in [0.25, 0.3) is 5.82 Å². The molecule has 0 aliphatic heterocycles. The minimum absolute atomic E-state index is 0.0897. The molecular formula is C16H11F3N4OS. The van der Waals surface area contributed by atoms with Crippen LogP contribution in [0.25, 0.3) is 26.9 Å². The van der Waals surface area contributed by atoms with Crippen LogP contribution in [0.5, 0.6) is 0 Å². The fraction of sp³-hybridized carbons (Fsp3) is 0.188. The van der Waals surface area contributed by atoms with Crippen LogP contribution in [-0.2, 0) is 12.6 Å². The lowest BCUT2D eigenvalue weighted by molar-refractivity contribution is -0.146. The second-order valence-corrected chi connectivity index (χ2v) is 6.25. The van der Waals surface area contributed by atoms with Crippen molar-refractivity contribution in [2.75, 3.05) is 0 Å². The minimum Gasteiger partial charge on any atom is -0.460 e. The van der Waals surface area contributed by atoms with Crippen molar-refractivity contribution in [1.29, 1.82) is 0 Å². The number of furan rings is 1. The zero-order chi connectivity index (χ0) is 17.6. The summed E-state index contributed by atoms with van der Waals surface area (Å²) in [6, 6.07) is 11.3. The number of nitrogens with zero attached hydrogens (tertiary/aromatic N) is 4. The van der Waals surface area contributed by atoms with Gasteiger partial charge in [-0.15, -0.1) is 10.2 Å². The van der Waals surface area contributed by atoms with Gasteiger partial charge in [-0.3, -0.25) is 0 Å². The number of aryl methyl sites for hydroxylation is 1. The predicted molar refractivity (Wildman–Crippen MR) is 86.2 cm³/mol. The van der Waals surface area contributed by atoms with Crippen molar-refractivity contribution in [3.05, 3.63) is 48.0 Å². The molecule has 0 atom stereocenters. The molecule has 0 aliphatic carbocycles. The second kappa shape index (κ2) is 5.69. The van der Waals surface area contributed by atoms with Gasteiger partial charge in [0.2, 0.25) is 4.96 Å². The maximum absolute atomic E-state index is 13.0. The van der Waals surface area contributed by atoms with E-state index in [-0.39, 0.29) is 4.96 Å². The highest BCUT2D eigenvalue weighted by Gasteiger charge is 2.38. The van der Waals surface area contributed by atoms with Gasteiger partial charge in [0.1, 0.15) is 11.5 Å². The Hall–Kier alpha value is -2.68. The largest absolute Gasteiger partial charge is 0.460 e. The summed E-state index contributed by atoms with van der Waals surface area (Å²) >= 11 is 1.04. The fourth-order valence-electron chi connectivity index (χ4n) is 2.52. The first-order chi connectivity index (χ1) is 12.0. The van der Waals surface area contributed by atoms with Crippen LogP contribution < -0.4 is 0 Å². The third kappa shape index (κ3) is 2.70. The van der Waals surface area contributed by atoms with Crippen LogP contribution in [0, 0.1) is 0 Å². The Kier molecular flexibility index (Phi) is 3.60. The van der Waals surface area contributed by atoms with E-state index >= 15 is 0 Å². The molecule has 128 valence electrons. The molecule has 3 aromatic heterocycles. The van der Waals surface area contributed by atoms with E-state index in [9.17, 15) is 13.2 Å². The average Bonchev–Trinajstić information content (AvgIpc) is 3.27. The summed E-state index contributed by atoms with van der Waals surface area (Å²) in [5, 5.41) is 11.2. The van der Waals surface area contributed by atoms with Gasteiger partial charge in [0.05, 0.1) is 5.56 Å². The summed E-state index contributed by atoms with van der Waals surface area (Å²) in [7, 11) is 0. The van der Waals surface area contributed by atoms with Crippen molar-refractivity contribution in [2.45, 2.75) is 19.5 Å². The number of hydrogen-bond acceptors (Lipinski definition) is 5. The van der Waals surface area contributed by atoms with Gasteiger partial charge in [0.15, 0.2) is 5.01 Å². The van der Waals surface area contributed by atoms with Crippen LogP contribution in [0.15, 0.2) is 40.8 Å². The van der Waals surface area contributed by atoms with E-state index in [1.165, 1.54) is 0 Å². The number of rotatable bonds is 3. The molecule has 4 aromatic rings. The SMILES string of the molecule is CCc1oc(-c2ccccc2)cc1-c1nn2c(C(F)(F)F)nnc2s1. The first-order valence-corrected chi connectivity index (χ1v) is 8.27. The monoisotopic (exact) mass is 364 g/mol. The molecule has 0 unspecified atom stereocenters. The molecule has 1 aromatic carbocycles. The maximum Gasteiger partial charge on any atom is 0.453 e. The Balaban J connectivity index is 1.83. The molecular weight excluding hydrogens is 353 g/mol. The molecule has 4 rings (SSSR count). The zero-order valence-corrected chi connectivity index (χ0v) is 13.7. The van der Waals surface area contributed by atoms with Crippen LogP contribution in [-0.4, -0.2) is 19.8 Å². The molecule has 5 nitrogen and oxygen atoms in total. The Labute approximate surface area is 143 Å². The molecule has 0 fully saturated rings. The van der Waals surface area contributed by atoms with Crippen molar-refractivity contribution in [2.24, 2.45) is 0 Å². The molecule has 9 heteroatoms. The maximum atomic E-state index is 13.0. The second-order valence-electron chi connectivity index (χ2n) is 5.29. The number of aromatic nitrogens is 4. The summed E-state index contributed by atoms with van der Waals surface area (Å²) in [5.41, 5.74) is 1.56. The number of fused-ring (bicyclic) bond motifs is 1. The smallest absolute Gasteiger partial charge is 0.453 e. The number of halogens is 3. The van der Waals surface area contributed by atoms with Gasteiger partial charge in [-0.2, -0.15) is 22.8 Å². The molecule has 3 heterocycles. The molecule has 0 radical (unpaired) electrons. The molecule has 0 amide bonds. The zero-order valence-electron chi connectivity index (χ0n) is 12.9. The summed E-state index contributed by atoms with van der Waals surface area (Å²) in [5.74, 6) is 0.182. The normalized spacial score (nSPS) is 12.2. The van der Waals surface area contributed by atoms with Gasteiger partial charge in [-0.25, -0.2) is 0 Å². The van der Waals surface area contributed by atoms with Crippen molar-refractivity contribution < 1.29 is 17.6 Å². The molecule has 0 aliphatic rings. The summed E-state index contributed by atoms with van der Waals surface area (Å²) < 4.78 is 45.5. The highest BCUT2D eigenvalue weighted by atomic mass is 32.1. The summed E-state index contributed by atoms with van der Waals surface area (Å²) in [6.45, 7) is 1.92. The first kappa shape index (κ1) is 15.8. The fourth-order valence-corrected chi connectivity index (χ4v) is 3.39. The van der Waals surface area contributed by atoms with Crippen LogP contribution in [0.3, 0.4) is 0 Å². The molecule has 0 bridgehead atoms. The van der Waals surface area contributed by atoms with Crippen LogP contribution in [0.4, 0.5) is 13.2 Å². The van der Waals surface area contributed by atoms with Crippen LogP contribution >= 0.6 is 11.3 Å². The number of alkyl halides is 3. The van der Waals surface area contributed by atoms with Crippen molar-refractivity contribution in [3.63, 3.8) is 0 Å². The molecule has 25 heavy (non-hydrogen) atoms. The average molecular weight is 364 g/mol. The van der Waals surface area contributed by atoms with Crippen molar-refractivity contribution in [1.82, 2.24) is 19.8 Å². The summed E-state index contributed by atoms with van der Waals surface area (Å²) in [4.78, 5) is 0.0897. The van der Waals surface area contributed by atoms with E-state index in [1.54, 1.807) is 6.07 Å². The molecule has 0 saturated heterocycles. The Morgan fingerprint density at radius 2 is 1.92 bits per heavy atom. The molecule has 0 N–H and O–H groups in total. The Morgan fingerprint density at radius 1 is 1.16 bits per heavy atom. The van der Waals surface area contributed by atoms with E-state index in [1.807, 2.05) is 37.3 Å². The van der Waals surface area contributed by atoms with Gasteiger partial charge in [0, 0.05) is 12.0 Å².